The molecule has 0 amide bonds. The van der Waals surface area contributed by atoms with Crippen molar-refractivity contribution in [3.8, 4) is 11.5 Å². The molecule has 0 saturated carbocycles. The minimum atomic E-state index is -3.65. The van der Waals surface area contributed by atoms with Crippen LogP contribution in [-0.2, 0) is 16.6 Å². The van der Waals surface area contributed by atoms with Crippen molar-refractivity contribution in [2.45, 2.75) is 33.2 Å². The van der Waals surface area contributed by atoms with Gasteiger partial charge in [0.1, 0.15) is 10.7 Å². The molecule has 1 heterocycles. The Bertz CT molecular complexity index is 1070. The summed E-state index contributed by atoms with van der Waals surface area (Å²) in [5.41, 5.74) is 3.33. The zero-order valence-electron chi connectivity index (χ0n) is 17.3. The normalized spacial score (nSPS) is 17.0. The molecule has 3 rings (SSSR count). The first-order valence-electron chi connectivity index (χ1n) is 9.36. The van der Waals surface area contributed by atoms with Crippen LogP contribution in [-0.4, -0.2) is 28.5 Å². The molecule has 0 aliphatic carbocycles. The van der Waals surface area contributed by atoms with Crippen LogP contribution in [0.15, 0.2) is 53.0 Å². The highest BCUT2D eigenvalue weighted by Gasteiger charge is 2.32. The summed E-state index contributed by atoms with van der Waals surface area (Å²) < 4.78 is 38.6. The van der Waals surface area contributed by atoms with Crippen molar-refractivity contribution in [3.05, 3.63) is 64.7 Å². The number of aliphatic imine (C=N–C) groups is 1. The molecule has 2 aromatic rings. The summed E-state index contributed by atoms with van der Waals surface area (Å²) in [5, 5.41) is 0. The van der Waals surface area contributed by atoms with Crippen LogP contribution >= 0.6 is 0 Å². The van der Waals surface area contributed by atoms with Crippen molar-refractivity contribution in [2.24, 2.45) is 4.99 Å². The highest BCUT2D eigenvalue weighted by molar-refractivity contribution is 8.00. The monoisotopic (exact) mass is 414 g/mol. The van der Waals surface area contributed by atoms with Gasteiger partial charge in [-0.15, -0.1) is 0 Å². The topological polar surface area (TPSA) is 77.0 Å². The maximum atomic E-state index is 12.7. The van der Waals surface area contributed by atoms with Crippen LogP contribution in [0.1, 0.15) is 43.4 Å². The number of rotatable bonds is 6. The van der Waals surface area contributed by atoms with Crippen LogP contribution in [0.3, 0.4) is 0 Å². The molecule has 6 nitrogen and oxygen atoms in total. The fourth-order valence-electron chi connectivity index (χ4n) is 3.26. The van der Waals surface area contributed by atoms with Crippen molar-refractivity contribution in [2.75, 3.05) is 14.2 Å². The third kappa shape index (κ3) is 4.29. The van der Waals surface area contributed by atoms with E-state index in [0.29, 0.717) is 40.9 Å². The molecule has 1 aliphatic heterocycles. The first kappa shape index (κ1) is 20.9. The standard InChI is InChI=1S/C22H26N2O4S/c1-14(2)17-7-9-18(10-8-17)21-15(3)22(24-29(21,25)26)23-13-16-6-11-19(27-4)20(12-16)28-5/h6-12,14H,13H2,1-5H3,(H,23,24). The first-order valence-corrected chi connectivity index (χ1v) is 10.8. The van der Waals surface area contributed by atoms with Crippen LogP contribution in [0.5, 0.6) is 11.5 Å². The van der Waals surface area contributed by atoms with Crippen molar-refractivity contribution >= 4 is 20.8 Å². The molecule has 0 spiro atoms. The van der Waals surface area contributed by atoms with Gasteiger partial charge in [-0.3, -0.25) is 9.71 Å². The van der Waals surface area contributed by atoms with E-state index in [2.05, 4.69) is 23.6 Å². The maximum absolute atomic E-state index is 12.7. The number of methoxy groups -OCH3 is 2. The van der Waals surface area contributed by atoms with Gasteiger partial charge in [-0.2, -0.15) is 0 Å². The number of ether oxygens (including phenoxy) is 2. The third-order valence-corrected chi connectivity index (χ3v) is 6.44. The van der Waals surface area contributed by atoms with E-state index in [-0.39, 0.29) is 4.91 Å². The summed E-state index contributed by atoms with van der Waals surface area (Å²) in [4.78, 5) is 4.77. The van der Waals surface area contributed by atoms with Crippen molar-refractivity contribution < 1.29 is 17.9 Å². The van der Waals surface area contributed by atoms with E-state index < -0.39 is 10.0 Å². The quantitative estimate of drug-likeness (QED) is 0.772. The second-order valence-corrected chi connectivity index (χ2v) is 8.81. The lowest BCUT2D eigenvalue weighted by Crippen LogP contribution is -2.23. The molecule has 1 aliphatic rings. The van der Waals surface area contributed by atoms with E-state index in [1.54, 1.807) is 27.2 Å². The maximum Gasteiger partial charge on any atom is 0.264 e. The van der Waals surface area contributed by atoms with Crippen LogP contribution < -0.4 is 14.2 Å². The van der Waals surface area contributed by atoms with Gasteiger partial charge in [0.2, 0.25) is 0 Å². The highest BCUT2D eigenvalue weighted by Crippen LogP contribution is 2.31. The van der Waals surface area contributed by atoms with Gasteiger partial charge in [-0.05, 0) is 41.7 Å². The lowest BCUT2D eigenvalue weighted by atomic mass is 10.0. The molecule has 7 heteroatoms. The van der Waals surface area contributed by atoms with Gasteiger partial charge < -0.3 is 9.47 Å². The first-order chi connectivity index (χ1) is 13.8. The van der Waals surface area contributed by atoms with Gasteiger partial charge in [-0.25, -0.2) is 8.42 Å². The molecule has 0 atom stereocenters. The third-order valence-electron chi connectivity index (χ3n) is 4.90. The lowest BCUT2D eigenvalue weighted by molar-refractivity contribution is 0.354. The smallest absolute Gasteiger partial charge is 0.264 e. The highest BCUT2D eigenvalue weighted by atomic mass is 32.2. The summed E-state index contributed by atoms with van der Waals surface area (Å²) in [6.45, 7) is 6.30. The molecule has 0 saturated heterocycles. The van der Waals surface area contributed by atoms with Crippen molar-refractivity contribution in [3.63, 3.8) is 0 Å². The van der Waals surface area contributed by atoms with E-state index in [1.165, 1.54) is 0 Å². The van der Waals surface area contributed by atoms with E-state index in [1.807, 2.05) is 36.4 Å². The van der Waals surface area contributed by atoms with Gasteiger partial charge in [0.05, 0.1) is 20.8 Å². The fraction of sp³-hybridized carbons (Fsp3) is 0.318. The molecule has 2 aromatic carbocycles. The minimum Gasteiger partial charge on any atom is -0.493 e. The summed E-state index contributed by atoms with van der Waals surface area (Å²) in [5.74, 6) is 1.99. The Morgan fingerprint density at radius 1 is 1.00 bits per heavy atom. The Balaban J connectivity index is 1.91. The lowest BCUT2D eigenvalue weighted by Gasteiger charge is -2.08. The Morgan fingerprint density at radius 2 is 1.66 bits per heavy atom. The van der Waals surface area contributed by atoms with Crippen molar-refractivity contribution in [1.29, 1.82) is 0 Å². The Labute approximate surface area is 172 Å². The zero-order chi connectivity index (χ0) is 21.2. The molecule has 0 unspecified atom stereocenters. The largest absolute Gasteiger partial charge is 0.493 e. The summed E-state index contributed by atoms with van der Waals surface area (Å²) in [6, 6.07) is 13.1. The van der Waals surface area contributed by atoms with E-state index in [4.69, 9.17) is 9.47 Å². The summed E-state index contributed by atoms with van der Waals surface area (Å²) in [6.07, 6.45) is 0. The molecule has 1 N–H and O–H groups in total. The molecule has 29 heavy (non-hydrogen) atoms. The molecule has 0 bridgehead atoms. The van der Waals surface area contributed by atoms with Crippen molar-refractivity contribution in [1.82, 2.24) is 4.72 Å². The molecule has 0 radical (unpaired) electrons. The molecule has 154 valence electrons. The van der Waals surface area contributed by atoms with E-state index >= 15 is 0 Å². The number of hydrogen-bond donors (Lipinski definition) is 1. The average Bonchev–Trinajstić information content (AvgIpc) is 2.94. The van der Waals surface area contributed by atoms with Gasteiger partial charge in [-0.1, -0.05) is 44.2 Å². The predicted octanol–water partition coefficient (Wildman–Crippen LogP) is 4.09. The number of nitrogens with one attached hydrogen (secondary N) is 1. The zero-order valence-corrected chi connectivity index (χ0v) is 18.1. The molecular formula is C22H26N2O4S. The van der Waals surface area contributed by atoms with Gasteiger partial charge >= 0.3 is 0 Å². The van der Waals surface area contributed by atoms with Crippen LogP contribution in [0, 0.1) is 0 Å². The van der Waals surface area contributed by atoms with E-state index in [0.717, 1.165) is 11.1 Å². The second-order valence-electron chi connectivity index (χ2n) is 7.19. The molecule has 0 fully saturated rings. The Hall–Kier alpha value is -2.80. The fourth-order valence-corrected chi connectivity index (χ4v) is 4.78. The summed E-state index contributed by atoms with van der Waals surface area (Å²) >= 11 is 0. The number of amidine groups is 1. The minimum absolute atomic E-state index is 0.277. The Kier molecular flexibility index (Phi) is 5.98. The van der Waals surface area contributed by atoms with Gasteiger partial charge in [0.25, 0.3) is 10.0 Å². The average molecular weight is 415 g/mol. The van der Waals surface area contributed by atoms with E-state index in [9.17, 15) is 8.42 Å². The SMILES string of the molecule is COc1ccc(CN=C2NS(=O)(=O)C(c3ccc(C(C)C)cc3)=C2C)cc1OC. The molecule has 0 aromatic heterocycles. The van der Waals surface area contributed by atoms with Gasteiger partial charge in [0, 0.05) is 5.57 Å². The molecular weight excluding hydrogens is 388 g/mol. The summed E-state index contributed by atoms with van der Waals surface area (Å²) in [7, 11) is -0.496. The number of benzene rings is 2. The predicted molar refractivity (Wildman–Crippen MR) is 116 cm³/mol. The van der Waals surface area contributed by atoms with Crippen LogP contribution in [0.2, 0.25) is 0 Å². The van der Waals surface area contributed by atoms with Crippen LogP contribution in [0.25, 0.3) is 4.91 Å². The van der Waals surface area contributed by atoms with Crippen LogP contribution in [0.4, 0.5) is 0 Å². The number of nitrogens with zero attached hydrogens (tertiary/aromatic N) is 1. The number of sulfonamides is 1. The Morgan fingerprint density at radius 3 is 2.24 bits per heavy atom. The van der Waals surface area contributed by atoms with Gasteiger partial charge in [0.15, 0.2) is 11.5 Å². The number of hydrogen-bond acceptors (Lipinski definition) is 5. The second kappa shape index (κ2) is 8.29.